The molecule has 2 aromatic rings. The first-order valence-electron chi connectivity index (χ1n) is 7.40. The maximum atomic E-state index is 12.9. The van der Waals surface area contributed by atoms with Gasteiger partial charge in [-0.15, -0.1) is 0 Å². The van der Waals surface area contributed by atoms with Crippen molar-refractivity contribution in [2.75, 3.05) is 11.4 Å². The second-order valence-electron chi connectivity index (χ2n) is 5.48. The minimum absolute atomic E-state index is 0.173. The molecule has 1 amide bonds. The van der Waals surface area contributed by atoms with Gasteiger partial charge in [0, 0.05) is 24.4 Å². The van der Waals surface area contributed by atoms with Gasteiger partial charge in [-0.25, -0.2) is 4.79 Å². The fourth-order valence-corrected chi connectivity index (χ4v) is 2.90. The van der Waals surface area contributed by atoms with E-state index in [0.717, 1.165) is 42.3 Å². The summed E-state index contributed by atoms with van der Waals surface area (Å²) < 4.78 is 0. The predicted molar refractivity (Wildman–Crippen MR) is 86.5 cm³/mol. The Labute approximate surface area is 137 Å². The molecule has 24 heavy (non-hydrogen) atoms. The highest BCUT2D eigenvalue weighted by Gasteiger charge is 2.28. The van der Waals surface area contributed by atoms with Crippen LogP contribution in [0.25, 0.3) is 0 Å². The van der Waals surface area contributed by atoms with Gasteiger partial charge in [-0.05, 0) is 30.5 Å². The minimum atomic E-state index is -1.29. The van der Waals surface area contributed by atoms with E-state index < -0.39 is 16.8 Å². The van der Waals surface area contributed by atoms with Crippen LogP contribution in [0.3, 0.4) is 0 Å². The Bertz CT molecular complexity index is 847. The number of para-hydroxylation sites is 1. The van der Waals surface area contributed by atoms with Crippen molar-refractivity contribution in [3.8, 4) is 0 Å². The van der Waals surface area contributed by atoms with Gasteiger partial charge >= 0.3 is 5.97 Å². The summed E-state index contributed by atoms with van der Waals surface area (Å²) in [6.45, 7) is 0.442. The molecule has 3 rings (SSSR count). The Kier molecular flexibility index (Phi) is 3.99. The van der Waals surface area contributed by atoms with Gasteiger partial charge in [0.15, 0.2) is 0 Å². The quantitative estimate of drug-likeness (QED) is 0.690. The Morgan fingerprint density at radius 3 is 2.58 bits per heavy atom. The molecule has 2 aromatic carbocycles. The number of anilines is 1. The Morgan fingerprint density at radius 1 is 1.12 bits per heavy atom. The predicted octanol–water partition coefficient (Wildman–Crippen LogP) is 2.89. The number of nitrogens with zero attached hydrogens (tertiary/aromatic N) is 2. The number of hydrogen-bond acceptors (Lipinski definition) is 4. The molecule has 0 fully saturated rings. The van der Waals surface area contributed by atoms with Crippen LogP contribution in [0.1, 0.15) is 32.7 Å². The second-order valence-corrected chi connectivity index (χ2v) is 5.48. The summed E-state index contributed by atoms with van der Waals surface area (Å²) in [4.78, 5) is 36.1. The molecular weight excluding hydrogens is 312 g/mol. The van der Waals surface area contributed by atoms with E-state index in [9.17, 15) is 24.8 Å². The first-order chi connectivity index (χ1) is 11.5. The first-order valence-corrected chi connectivity index (χ1v) is 7.40. The molecule has 0 unspecified atom stereocenters. The normalized spacial score (nSPS) is 13.2. The van der Waals surface area contributed by atoms with E-state index in [1.807, 2.05) is 12.1 Å². The van der Waals surface area contributed by atoms with Gasteiger partial charge < -0.3 is 10.0 Å². The number of carbonyl (C=O) groups is 2. The molecule has 7 heteroatoms. The number of rotatable bonds is 3. The van der Waals surface area contributed by atoms with Crippen LogP contribution in [0.4, 0.5) is 11.4 Å². The molecule has 7 nitrogen and oxygen atoms in total. The summed E-state index contributed by atoms with van der Waals surface area (Å²) in [5.41, 5.74) is 0.992. The van der Waals surface area contributed by atoms with Crippen LogP contribution >= 0.6 is 0 Å². The average Bonchev–Trinajstić information content (AvgIpc) is 2.60. The van der Waals surface area contributed by atoms with Gasteiger partial charge in [0.1, 0.15) is 0 Å². The number of nitro groups is 1. The zero-order valence-corrected chi connectivity index (χ0v) is 12.6. The van der Waals surface area contributed by atoms with Gasteiger partial charge in [-0.2, -0.15) is 0 Å². The summed E-state index contributed by atoms with van der Waals surface area (Å²) in [7, 11) is 0. The molecule has 1 aliphatic heterocycles. The van der Waals surface area contributed by atoms with Crippen LogP contribution < -0.4 is 4.90 Å². The largest absolute Gasteiger partial charge is 0.478 e. The van der Waals surface area contributed by atoms with Crippen molar-refractivity contribution in [3.05, 3.63) is 69.3 Å². The Balaban J connectivity index is 2.09. The van der Waals surface area contributed by atoms with Crippen LogP contribution in [0.5, 0.6) is 0 Å². The van der Waals surface area contributed by atoms with Gasteiger partial charge in [-0.3, -0.25) is 14.9 Å². The highest BCUT2D eigenvalue weighted by atomic mass is 16.6. The second kappa shape index (κ2) is 6.11. The number of non-ortho nitro benzene ring substituents is 1. The van der Waals surface area contributed by atoms with Crippen LogP contribution in [0.2, 0.25) is 0 Å². The van der Waals surface area contributed by atoms with E-state index in [1.54, 1.807) is 12.1 Å². The lowest BCUT2D eigenvalue weighted by atomic mass is 9.99. The van der Waals surface area contributed by atoms with E-state index in [4.69, 9.17) is 0 Å². The van der Waals surface area contributed by atoms with Crippen molar-refractivity contribution in [2.24, 2.45) is 0 Å². The average molecular weight is 326 g/mol. The molecule has 0 aromatic heterocycles. The third-order valence-corrected chi connectivity index (χ3v) is 4.03. The molecule has 0 aliphatic carbocycles. The van der Waals surface area contributed by atoms with Crippen molar-refractivity contribution < 1.29 is 19.6 Å². The molecule has 1 heterocycles. The number of amides is 1. The molecule has 0 saturated heterocycles. The summed E-state index contributed by atoms with van der Waals surface area (Å²) in [5, 5.41) is 20.3. The molecule has 122 valence electrons. The van der Waals surface area contributed by atoms with Crippen LogP contribution in [0, 0.1) is 10.1 Å². The van der Waals surface area contributed by atoms with Gasteiger partial charge in [0.05, 0.1) is 16.1 Å². The van der Waals surface area contributed by atoms with E-state index in [0.29, 0.717) is 6.54 Å². The van der Waals surface area contributed by atoms with Crippen LogP contribution in [0.15, 0.2) is 42.5 Å². The number of hydrogen-bond donors (Lipinski definition) is 1. The molecule has 0 saturated carbocycles. The minimum Gasteiger partial charge on any atom is -0.478 e. The van der Waals surface area contributed by atoms with Crippen molar-refractivity contribution in [1.29, 1.82) is 0 Å². The molecule has 0 atom stereocenters. The number of carboxylic acid groups (broad SMARTS) is 1. The number of carboxylic acids is 1. The topological polar surface area (TPSA) is 101 Å². The maximum absolute atomic E-state index is 12.9. The number of carbonyl (C=O) groups excluding carboxylic acids is 1. The summed E-state index contributed by atoms with van der Waals surface area (Å²) in [6, 6.07) is 10.6. The monoisotopic (exact) mass is 326 g/mol. The van der Waals surface area contributed by atoms with E-state index in [1.165, 1.54) is 4.90 Å². The molecule has 0 bridgehead atoms. The fourth-order valence-electron chi connectivity index (χ4n) is 2.90. The summed E-state index contributed by atoms with van der Waals surface area (Å²) >= 11 is 0. The van der Waals surface area contributed by atoms with Crippen molar-refractivity contribution in [2.45, 2.75) is 12.8 Å². The van der Waals surface area contributed by atoms with Crippen LogP contribution in [-0.4, -0.2) is 28.5 Å². The van der Waals surface area contributed by atoms with Crippen LogP contribution in [-0.2, 0) is 6.42 Å². The van der Waals surface area contributed by atoms with Gasteiger partial charge in [0.2, 0.25) is 0 Å². The van der Waals surface area contributed by atoms with E-state index >= 15 is 0 Å². The highest BCUT2D eigenvalue weighted by Crippen LogP contribution is 2.29. The molecule has 0 radical (unpaired) electrons. The number of aromatic carboxylic acids is 1. The SMILES string of the molecule is O=C(O)c1ccc([N+](=O)[O-])cc1C(=O)N1CCCc2ccccc21. The maximum Gasteiger partial charge on any atom is 0.336 e. The molecular formula is C17H14N2O5. The van der Waals surface area contributed by atoms with Crippen molar-refractivity contribution in [3.63, 3.8) is 0 Å². The highest BCUT2D eigenvalue weighted by molar-refractivity contribution is 6.12. The lowest BCUT2D eigenvalue weighted by Gasteiger charge is -2.29. The zero-order chi connectivity index (χ0) is 17.3. The Morgan fingerprint density at radius 2 is 1.88 bits per heavy atom. The number of fused-ring (bicyclic) bond motifs is 1. The molecule has 0 spiro atoms. The smallest absolute Gasteiger partial charge is 0.336 e. The molecule has 1 aliphatic rings. The van der Waals surface area contributed by atoms with E-state index in [2.05, 4.69) is 0 Å². The lowest BCUT2D eigenvalue weighted by Crippen LogP contribution is -2.36. The van der Waals surface area contributed by atoms with Gasteiger partial charge in [0.25, 0.3) is 11.6 Å². The lowest BCUT2D eigenvalue weighted by molar-refractivity contribution is -0.384. The zero-order valence-electron chi connectivity index (χ0n) is 12.6. The third kappa shape index (κ3) is 2.71. The number of nitro benzene ring substituents is 1. The van der Waals surface area contributed by atoms with E-state index in [-0.39, 0.29) is 16.8 Å². The third-order valence-electron chi connectivity index (χ3n) is 4.03. The Hall–Kier alpha value is -3.22. The summed E-state index contributed by atoms with van der Waals surface area (Å²) in [6.07, 6.45) is 1.58. The van der Waals surface area contributed by atoms with Crippen molar-refractivity contribution >= 4 is 23.3 Å². The number of benzene rings is 2. The first kappa shape index (κ1) is 15.7. The molecule has 1 N–H and O–H groups in total. The van der Waals surface area contributed by atoms with Crippen molar-refractivity contribution in [1.82, 2.24) is 0 Å². The summed E-state index contributed by atoms with van der Waals surface area (Å²) in [5.74, 6) is -1.83. The van der Waals surface area contributed by atoms with Gasteiger partial charge in [-0.1, -0.05) is 18.2 Å². The number of aryl methyl sites for hydroxylation is 1. The fraction of sp³-hybridized carbons (Fsp3) is 0.176. The standard InChI is InChI=1S/C17H14N2O5/c20-16(18-9-3-5-11-4-1-2-6-15(11)18)14-10-12(19(23)24)7-8-13(14)17(21)22/h1-2,4,6-8,10H,3,5,9H2,(H,21,22).